The predicted octanol–water partition coefficient (Wildman–Crippen LogP) is 2.50. The van der Waals surface area contributed by atoms with Crippen molar-refractivity contribution in [2.24, 2.45) is 0 Å². The number of ether oxygens (including phenoxy) is 1. The van der Waals surface area contributed by atoms with E-state index in [0.29, 0.717) is 17.4 Å². The summed E-state index contributed by atoms with van der Waals surface area (Å²) in [5.74, 6) is -3.92. The molecule has 134 valence electrons. The van der Waals surface area contributed by atoms with Crippen LogP contribution >= 0.6 is 0 Å². The number of esters is 1. The molecule has 8 heteroatoms. The Bertz CT molecular complexity index is 880. The van der Waals surface area contributed by atoms with E-state index in [1.165, 1.54) is 11.8 Å². The SMILES string of the molecule is C[C@@H](OC(=O)c1cc(F)cc(F)c1)C(=O)N1CC(=O)Nc2ccccc21. The molecule has 1 aliphatic heterocycles. The van der Waals surface area contributed by atoms with Crippen LogP contribution in [-0.4, -0.2) is 30.4 Å². The largest absolute Gasteiger partial charge is 0.449 e. The average Bonchev–Trinajstić information content (AvgIpc) is 2.59. The monoisotopic (exact) mass is 360 g/mol. The van der Waals surface area contributed by atoms with E-state index in [0.717, 1.165) is 12.1 Å². The van der Waals surface area contributed by atoms with E-state index in [4.69, 9.17) is 4.74 Å². The highest BCUT2D eigenvalue weighted by Crippen LogP contribution is 2.29. The van der Waals surface area contributed by atoms with Gasteiger partial charge in [-0.15, -0.1) is 0 Å². The number of carbonyl (C=O) groups excluding carboxylic acids is 3. The minimum absolute atomic E-state index is 0.230. The van der Waals surface area contributed by atoms with Crippen molar-refractivity contribution in [3.05, 3.63) is 59.7 Å². The molecule has 1 atom stereocenters. The molecule has 0 spiro atoms. The molecule has 2 aromatic rings. The lowest BCUT2D eigenvalue weighted by Gasteiger charge is -2.30. The number of carbonyl (C=O) groups is 3. The first-order valence-electron chi connectivity index (χ1n) is 7.72. The van der Waals surface area contributed by atoms with E-state index in [-0.39, 0.29) is 18.0 Å². The van der Waals surface area contributed by atoms with E-state index < -0.39 is 29.6 Å². The number of rotatable bonds is 3. The maximum absolute atomic E-state index is 13.2. The predicted molar refractivity (Wildman–Crippen MR) is 88.7 cm³/mol. The number of hydrogen-bond donors (Lipinski definition) is 1. The summed E-state index contributed by atoms with van der Waals surface area (Å²) in [7, 11) is 0. The standard InChI is InChI=1S/C18H14F2N2O4/c1-10(26-18(25)11-6-12(19)8-13(20)7-11)17(24)22-9-16(23)21-14-4-2-3-5-15(14)22/h2-8,10H,9H2,1H3,(H,21,23)/t10-/m1/s1. The molecule has 3 rings (SSSR count). The number of fused-ring (bicyclic) bond motifs is 1. The topological polar surface area (TPSA) is 75.7 Å². The second-order valence-electron chi connectivity index (χ2n) is 5.70. The molecule has 26 heavy (non-hydrogen) atoms. The Labute approximate surface area is 147 Å². The van der Waals surface area contributed by atoms with Crippen molar-refractivity contribution < 1.29 is 27.9 Å². The second-order valence-corrected chi connectivity index (χ2v) is 5.70. The van der Waals surface area contributed by atoms with Gasteiger partial charge < -0.3 is 10.1 Å². The van der Waals surface area contributed by atoms with Crippen molar-refractivity contribution in [2.45, 2.75) is 13.0 Å². The molecule has 1 aliphatic rings. The lowest BCUT2D eigenvalue weighted by atomic mass is 10.1. The molecule has 0 aliphatic carbocycles. The van der Waals surface area contributed by atoms with Gasteiger partial charge in [0, 0.05) is 6.07 Å². The molecule has 2 aromatic carbocycles. The zero-order valence-corrected chi connectivity index (χ0v) is 13.7. The van der Waals surface area contributed by atoms with Crippen molar-refractivity contribution in [1.82, 2.24) is 0 Å². The number of halogens is 2. The summed E-state index contributed by atoms with van der Waals surface area (Å²) in [6.45, 7) is 1.09. The zero-order chi connectivity index (χ0) is 18.8. The van der Waals surface area contributed by atoms with Crippen LogP contribution in [0.5, 0.6) is 0 Å². The van der Waals surface area contributed by atoms with E-state index in [1.807, 2.05) is 0 Å². The molecule has 0 radical (unpaired) electrons. The van der Waals surface area contributed by atoms with Gasteiger partial charge in [0.15, 0.2) is 6.10 Å². The molecule has 0 saturated carbocycles. The zero-order valence-electron chi connectivity index (χ0n) is 13.7. The van der Waals surface area contributed by atoms with Gasteiger partial charge in [0.1, 0.15) is 18.2 Å². The molecule has 6 nitrogen and oxygen atoms in total. The fourth-order valence-corrected chi connectivity index (χ4v) is 2.60. The van der Waals surface area contributed by atoms with Gasteiger partial charge in [0.25, 0.3) is 5.91 Å². The van der Waals surface area contributed by atoms with Gasteiger partial charge in [0.05, 0.1) is 16.9 Å². The van der Waals surface area contributed by atoms with Gasteiger partial charge >= 0.3 is 5.97 Å². The van der Waals surface area contributed by atoms with Crippen LogP contribution in [0.25, 0.3) is 0 Å². The average molecular weight is 360 g/mol. The van der Waals surface area contributed by atoms with Crippen molar-refractivity contribution in [2.75, 3.05) is 16.8 Å². The third kappa shape index (κ3) is 3.53. The van der Waals surface area contributed by atoms with Crippen LogP contribution in [0.3, 0.4) is 0 Å². The Hall–Kier alpha value is -3.29. The van der Waals surface area contributed by atoms with Crippen molar-refractivity contribution in [3.8, 4) is 0 Å². The number of nitrogens with one attached hydrogen (secondary N) is 1. The normalized spacial score (nSPS) is 14.3. The molecule has 0 aromatic heterocycles. The van der Waals surface area contributed by atoms with Gasteiger partial charge in [-0.1, -0.05) is 12.1 Å². The Morgan fingerprint density at radius 3 is 2.50 bits per heavy atom. The Balaban J connectivity index is 1.78. The van der Waals surface area contributed by atoms with E-state index in [2.05, 4.69) is 5.32 Å². The maximum Gasteiger partial charge on any atom is 0.339 e. The lowest BCUT2D eigenvalue weighted by Crippen LogP contribution is -2.47. The number of para-hydroxylation sites is 2. The number of nitrogens with zero attached hydrogens (tertiary/aromatic N) is 1. The number of amides is 2. The third-order valence-corrected chi connectivity index (χ3v) is 3.77. The number of anilines is 2. The summed E-state index contributed by atoms with van der Waals surface area (Å²) < 4.78 is 31.4. The summed E-state index contributed by atoms with van der Waals surface area (Å²) >= 11 is 0. The smallest absolute Gasteiger partial charge is 0.339 e. The summed E-state index contributed by atoms with van der Waals surface area (Å²) in [4.78, 5) is 37.7. The third-order valence-electron chi connectivity index (χ3n) is 3.77. The molecular weight excluding hydrogens is 346 g/mol. The first-order valence-corrected chi connectivity index (χ1v) is 7.72. The van der Waals surface area contributed by atoms with E-state index in [1.54, 1.807) is 24.3 Å². The molecule has 0 bridgehead atoms. The molecule has 2 amide bonds. The van der Waals surface area contributed by atoms with Crippen LogP contribution in [0, 0.1) is 11.6 Å². The second kappa shape index (κ2) is 6.91. The van der Waals surface area contributed by atoms with E-state index >= 15 is 0 Å². The first-order chi connectivity index (χ1) is 12.3. The summed E-state index contributed by atoms with van der Waals surface area (Å²) in [5.41, 5.74) is 0.582. The number of benzene rings is 2. The fourth-order valence-electron chi connectivity index (χ4n) is 2.60. The van der Waals surface area contributed by atoms with Crippen LogP contribution < -0.4 is 10.2 Å². The van der Waals surface area contributed by atoms with Crippen LogP contribution in [-0.2, 0) is 14.3 Å². The molecule has 1 N–H and O–H groups in total. The van der Waals surface area contributed by atoms with Crippen molar-refractivity contribution >= 4 is 29.2 Å². The molecule has 0 unspecified atom stereocenters. The highest BCUT2D eigenvalue weighted by Gasteiger charge is 2.31. The summed E-state index contributed by atoms with van der Waals surface area (Å²) in [6.07, 6.45) is -1.26. The Kier molecular flexibility index (Phi) is 4.66. The summed E-state index contributed by atoms with van der Waals surface area (Å²) in [5, 5.41) is 2.64. The highest BCUT2D eigenvalue weighted by molar-refractivity contribution is 6.11. The van der Waals surface area contributed by atoms with Gasteiger partial charge in [-0.2, -0.15) is 0 Å². The first kappa shape index (κ1) is 17.5. The van der Waals surface area contributed by atoms with Gasteiger partial charge in [-0.3, -0.25) is 14.5 Å². The molecular formula is C18H14F2N2O4. The van der Waals surface area contributed by atoms with Crippen LogP contribution in [0.2, 0.25) is 0 Å². The van der Waals surface area contributed by atoms with Gasteiger partial charge in [-0.05, 0) is 31.2 Å². The van der Waals surface area contributed by atoms with Gasteiger partial charge in [0.2, 0.25) is 5.91 Å². The minimum Gasteiger partial charge on any atom is -0.449 e. The van der Waals surface area contributed by atoms with Crippen molar-refractivity contribution in [1.29, 1.82) is 0 Å². The molecule has 1 heterocycles. The Morgan fingerprint density at radius 2 is 1.81 bits per heavy atom. The quantitative estimate of drug-likeness (QED) is 0.854. The Morgan fingerprint density at radius 1 is 1.15 bits per heavy atom. The highest BCUT2D eigenvalue weighted by atomic mass is 19.1. The maximum atomic E-state index is 13.2. The van der Waals surface area contributed by atoms with Gasteiger partial charge in [-0.25, -0.2) is 13.6 Å². The lowest BCUT2D eigenvalue weighted by molar-refractivity contribution is -0.128. The van der Waals surface area contributed by atoms with Crippen LogP contribution in [0.1, 0.15) is 17.3 Å². The van der Waals surface area contributed by atoms with Crippen molar-refractivity contribution in [3.63, 3.8) is 0 Å². The molecule has 0 saturated heterocycles. The minimum atomic E-state index is -1.26. The van der Waals surface area contributed by atoms with Crippen LogP contribution in [0.4, 0.5) is 20.2 Å². The van der Waals surface area contributed by atoms with E-state index in [9.17, 15) is 23.2 Å². The number of hydrogen-bond acceptors (Lipinski definition) is 4. The van der Waals surface area contributed by atoms with Crippen LogP contribution in [0.15, 0.2) is 42.5 Å². The summed E-state index contributed by atoms with van der Waals surface area (Å²) in [6, 6.07) is 8.92. The fraction of sp³-hybridized carbons (Fsp3) is 0.167. The molecule has 0 fully saturated rings.